The second-order valence-corrected chi connectivity index (χ2v) is 7.87. The molecular weight excluding hydrogens is 284 g/mol. The highest BCUT2D eigenvalue weighted by Crippen LogP contribution is 2.62. The first-order valence-corrected chi connectivity index (χ1v) is 8.70. The van der Waals surface area contributed by atoms with Gasteiger partial charge in [-0.2, -0.15) is 0 Å². The van der Waals surface area contributed by atoms with Crippen LogP contribution in [0.15, 0.2) is 47.2 Å². The summed E-state index contributed by atoms with van der Waals surface area (Å²) in [5.74, 6) is 0.316. The molecule has 23 heavy (non-hydrogen) atoms. The Balaban J connectivity index is 1.85. The highest BCUT2D eigenvalue weighted by molar-refractivity contribution is 5.84. The van der Waals surface area contributed by atoms with E-state index in [0.29, 0.717) is 12.0 Å². The van der Waals surface area contributed by atoms with E-state index >= 15 is 0 Å². The fourth-order valence-corrected chi connectivity index (χ4v) is 6.07. The van der Waals surface area contributed by atoms with Crippen LogP contribution in [0.5, 0.6) is 0 Å². The number of para-hydroxylation sites is 1. The van der Waals surface area contributed by atoms with Crippen molar-refractivity contribution >= 4 is 12.0 Å². The lowest BCUT2D eigenvalue weighted by Gasteiger charge is -2.51. The molecule has 4 aliphatic rings. The highest BCUT2D eigenvalue weighted by Gasteiger charge is 2.67. The van der Waals surface area contributed by atoms with Crippen molar-refractivity contribution < 1.29 is 9.28 Å². The standard InChI is InChI=1S/C20H22N2O/c1-3-13-11-22(2)9-8-20-16-6-4-5-7-17(16)21-19(20)15(12-23)14(13)10-18(20)22/h3-7,12,14,18H,8-11H2,1-2H3/p+1/b13-3-/t14-,18?,20?,22?/m0/s1. The van der Waals surface area contributed by atoms with Crippen molar-refractivity contribution in [2.24, 2.45) is 5.92 Å². The Hall–Kier alpha value is -1.87. The van der Waals surface area contributed by atoms with Gasteiger partial charge in [0.15, 0.2) is 0 Å². The summed E-state index contributed by atoms with van der Waals surface area (Å²) in [6.07, 6.45) is 5.65. The third kappa shape index (κ3) is 1.38. The molecule has 0 saturated carbocycles. The molecule has 3 aliphatic heterocycles. The molecule has 1 aromatic rings. The van der Waals surface area contributed by atoms with Crippen molar-refractivity contribution in [3.05, 3.63) is 52.7 Å². The summed E-state index contributed by atoms with van der Waals surface area (Å²) in [5, 5.41) is 3.66. The summed E-state index contributed by atoms with van der Waals surface area (Å²) in [5.41, 5.74) is 6.35. The Kier molecular flexibility index (Phi) is 2.45. The summed E-state index contributed by atoms with van der Waals surface area (Å²) < 4.78 is 1.13. The Bertz CT molecular complexity index is 793. The van der Waals surface area contributed by atoms with Crippen molar-refractivity contribution in [3.63, 3.8) is 0 Å². The molecule has 4 atom stereocenters. The molecule has 2 fully saturated rings. The lowest BCUT2D eigenvalue weighted by atomic mass is 9.61. The number of hydrogen-bond donors (Lipinski definition) is 1. The Morgan fingerprint density at radius 3 is 2.96 bits per heavy atom. The van der Waals surface area contributed by atoms with Gasteiger partial charge in [0.05, 0.1) is 19.0 Å². The number of piperidine rings is 1. The van der Waals surface area contributed by atoms with E-state index in [2.05, 4.69) is 49.6 Å². The van der Waals surface area contributed by atoms with Gasteiger partial charge in [-0.15, -0.1) is 0 Å². The molecule has 2 saturated heterocycles. The maximum atomic E-state index is 12.0. The second kappa shape index (κ2) is 4.15. The van der Waals surface area contributed by atoms with Gasteiger partial charge in [-0.25, -0.2) is 0 Å². The fraction of sp³-hybridized carbons (Fsp3) is 0.450. The van der Waals surface area contributed by atoms with Crippen LogP contribution in [0.25, 0.3) is 0 Å². The molecule has 1 spiro atoms. The fourth-order valence-electron chi connectivity index (χ4n) is 6.07. The third-order valence-electron chi connectivity index (χ3n) is 7.06. The molecule has 0 aromatic heterocycles. The van der Waals surface area contributed by atoms with E-state index in [-0.39, 0.29) is 5.41 Å². The summed E-state index contributed by atoms with van der Waals surface area (Å²) in [7, 11) is 2.42. The van der Waals surface area contributed by atoms with Crippen molar-refractivity contribution in [1.82, 2.24) is 0 Å². The zero-order chi connectivity index (χ0) is 15.8. The molecule has 3 heterocycles. The van der Waals surface area contributed by atoms with Gasteiger partial charge in [0.1, 0.15) is 18.9 Å². The van der Waals surface area contributed by atoms with E-state index in [9.17, 15) is 4.79 Å². The molecule has 3 heteroatoms. The Morgan fingerprint density at radius 1 is 1.35 bits per heavy atom. The molecule has 1 aromatic carbocycles. The SMILES string of the molecule is C/C=C1/C[N+]2(C)CCC34C(=C(C=O)[C@H]1CC32)Nc1ccccc14. The molecule has 2 bridgehead atoms. The number of quaternary nitrogens is 1. The minimum absolute atomic E-state index is 0.0390. The van der Waals surface area contributed by atoms with Gasteiger partial charge >= 0.3 is 0 Å². The maximum absolute atomic E-state index is 12.0. The van der Waals surface area contributed by atoms with Gasteiger partial charge in [0, 0.05) is 35.7 Å². The van der Waals surface area contributed by atoms with Crippen LogP contribution in [-0.2, 0) is 10.2 Å². The number of nitrogens with zero attached hydrogens (tertiary/aromatic N) is 1. The largest absolute Gasteiger partial charge is 0.357 e. The van der Waals surface area contributed by atoms with Crippen LogP contribution in [0.1, 0.15) is 25.3 Å². The number of aldehydes is 1. The van der Waals surface area contributed by atoms with Crippen molar-refractivity contribution in [2.75, 3.05) is 25.5 Å². The van der Waals surface area contributed by atoms with Gasteiger partial charge in [-0.05, 0) is 24.1 Å². The first-order chi connectivity index (χ1) is 11.1. The maximum Gasteiger partial charge on any atom is 0.148 e. The van der Waals surface area contributed by atoms with Crippen LogP contribution in [-0.4, -0.2) is 36.9 Å². The van der Waals surface area contributed by atoms with Gasteiger partial charge in [-0.1, -0.05) is 24.3 Å². The quantitative estimate of drug-likeness (QED) is 0.491. The van der Waals surface area contributed by atoms with E-state index in [1.165, 1.54) is 29.1 Å². The molecule has 3 unspecified atom stereocenters. The second-order valence-electron chi connectivity index (χ2n) is 7.87. The number of nitrogens with one attached hydrogen (secondary N) is 1. The number of carbonyl (C=O) groups excluding carboxylic acids is 1. The van der Waals surface area contributed by atoms with Crippen molar-refractivity contribution in [2.45, 2.75) is 31.2 Å². The minimum atomic E-state index is 0.0390. The zero-order valence-corrected chi connectivity index (χ0v) is 13.8. The van der Waals surface area contributed by atoms with Crippen LogP contribution in [0, 0.1) is 5.92 Å². The molecule has 5 rings (SSSR count). The average Bonchev–Trinajstić information content (AvgIpc) is 3.08. The van der Waals surface area contributed by atoms with E-state index in [1.54, 1.807) is 0 Å². The van der Waals surface area contributed by atoms with Gasteiger partial charge in [0.25, 0.3) is 0 Å². The van der Waals surface area contributed by atoms with Gasteiger partial charge in [0.2, 0.25) is 0 Å². The first kappa shape index (κ1) is 13.6. The third-order valence-corrected chi connectivity index (χ3v) is 7.06. The molecule has 0 radical (unpaired) electrons. The minimum Gasteiger partial charge on any atom is -0.357 e. The monoisotopic (exact) mass is 307 g/mol. The number of allylic oxidation sites excluding steroid dienone is 2. The molecule has 1 N–H and O–H groups in total. The van der Waals surface area contributed by atoms with Gasteiger partial charge in [-0.3, -0.25) is 4.79 Å². The summed E-state index contributed by atoms with van der Waals surface area (Å²) in [6.45, 7) is 4.42. The smallest absolute Gasteiger partial charge is 0.148 e. The lowest BCUT2D eigenvalue weighted by Crippen LogP contribution is -2.61. The number of carbonyl (C=O) groups is 1. The summed E-state index contributed by atoms with van der Waals surface area (Å²) in [6, 6.07) is 9.27. The molecule has 0 amide bonds. The number of benzene rings is 1. The molecular formula is C20H23N2O+. The van der Waals surface area contributed by atoms with Crippen LogP contribution in [0.2, 0.25) is 0 Å². The van der Waals surface area contributed by atoms with E-state index in [1.807, 2.05) is 0 Å². The van der Waals surface area contributed by atoms with Gasteiger partial charge < -0.3 is 9.80 Å². The number of likely N-dealkylation sites (N-methyl/N-ethyl adjacent to an activating group) is 1. The average molecular weight is 307 g/mol. The lowest BCUT2D eigenvalue weighted by molar-refractivity contribution is -0.923. The van der Waals surface area contributed by atoms with Crippen molar-refractivity contribution in [1.29, 1.82) is 0 Å². The highest BCUT2D eigenvalue weighted by atomic mass is 16.1. The predicted molar refractivity (Wildman–Crippen MR) is 91.0 cm³/mol. The van der Waals surface area contributed by atoms with Crippen molar-refractivity contribution in [3.8, 4) is 0 Å². The molecule has 3 nitrogen and oxygen atoms in total. The molecule has 118 valence electrons. The number of hydrogen-bond acceptors (Lipinski definition) is 2. The van der Waals surface area contributed by atoms with E-state index < -0.39 is 0 Å². The van der Waals surface area contributed by atoms with Crippen LogP contribution in [0.4, 0.5) is 5.69 Å². The summed E-state index contributed by atoms with van der Waals surface area (Å²) >= 11 is 0. The summed E-state index contributed by atoms with van der Waals surface area (Å²) in [4.78, 5) is 12.0. The first-order valence-electron chi connectivity index (χ1n) is 8.70. The van der Waals surface area contributed by atoms with Crippen LogP contribution in [0.3, 0.4) is 0 Å². The van der Waals surface area contributed by atoms with Crippen LogP contribution >= 0.6 is 0 Å². The zero-order valence-electron chi connectivity index (χ0n) is 13.8. The van der Waals surface area contributed by atoms with Crippen LogP contribution < -0.4 is 5.32 Å². The van der Waals surface area contributed by atoms with E-state index in [0.717, 1.165) is 35.7 Å². The number of fused-ring (bicyclic) bond motifs is 2. The Morgan fingerprint density at radius 2 is 2.17 bits per heavy atom. The molecule has 1 aliphatic carbocycles. The van der Waals surface area contributed by atoms with E-state index in [4.69, 9.17) is 0 Å². The predicted octanol–water partition coefficient (Wildman–Crippen LogP) is 3.00. The number of anilines is 1. The number of rotatable bonds is 1. The normalized spacial score (nSPS) is 41.6. The topological polar surface area (TPSA) is 29.1 Å². The Labute approximate surface area is 137 Å².